The van der Waals surface area contributed by atoms with Gasteiger partial charge in [0.25, 0.3) is 0 Å². The standard InChI is InChI=1S/C17H22ClN3O3/c1-16(9-23-13-24-10-16)17(22,8-21-12-19-11-20-21)7-6-14-2-4-15(18)5-3-14/h2-5,11-12,22H,6-10,13H2,1H3. The van der Waals surface area contributed by atoms with E-state index in [2.05, 4.69) is 10.1 Å². The molecule has 7 heteroatoms. The zero-order valence-corrected chi connectivity index (χ0v) is 14.4. The van der Waals surface area contributed by atoms with E-state index in [9.17, 15) is 5.11 Å². The van der Waals surface area contributed by atoms with Crippen LogP contribution in [0.4, 0.5) is 0 Å². The molecule has 0 saturated carbocycles. The van der Waals surface area contributed by atoms with Crippen LogP contribution in [0.1, 0.15) is 18.9 Å². The molecule has 1 saturated heterocycles. The minimum absolute atomic E-state index is 0.270. The third kappa shape index (κ3) is 3.78. The van der Waals surface area contributed by atoms with E-state index in [1.165, 1.54) is 6.33 Å². The molecular weight excluding hydrogens is 330 g/mol. The molecule has 1 aliphatic heterocycles. The third-order valence-electron chi connectivity index (χ3n) is 4.76. The fraction of sp³-hybridized carbons (Fsp3) is 0.529. The Balaban J connectivity index is 1.79. The number of aromatic nitrogens is 3. The smallest absolute Gasteiger partial charge is 0.146 e. The van der Waals surface area contributed by atoms with Crippen LogP contribution in [0.25, 0.3) is 0 Å². The fourth-order valence-electron chi connectivity index (χ4n) is 3.06. The molecule has 6 nitrogen and oxygen atoms in total. The van der Waals surface area contributed by atoms with Gasteiger partial charge in [-0.05, 0) is 30.5 Å². The van der Waals surface area contributed by atoms with Gasteiger partial charge in [0.05, 0.1) is 25.4 Å². The average Bonchev–Trinajstić information content (AvgIpc) is 3.08. The summed E-state index contributed by atoms with van der Waals surface area (Å²) in [5.41, 5.74) is -0.442. The zero-order chi connectivity index (χ0) is 17.0. The van der Waals surface area contributed by atoms with Crippen molar-refractivity contribution in [1.29, 1.82) is 0 Å². The van der Waals surface area contributed by atoms with E-state index in [1.807, 2.05) is 31.2 Å². The van der Waals surface area contributed by atoms with Crippen molar-refractivity contribution in [3.05, 3.63) is 47.5 Å². The molecule has 1 aromatic heterocycles. The minimum atomic E-state index is -1.04. The van der Waals surface area contributed by atoms with E-state index >= 15 is 0 Å². The number of ether oxygens (including phenoxy) is 2. The highest BCUT2D eigenvalue weighted by atomic mass is 35.5. The first-order chi connectivity index (χ1) is 11.5. The molecule has 1 aromatic carbocycles. The van der Waals surface area contributed by atoms with Crippen molar-refractivity contribution in [3.63, 3.8) is 0 Å². The highest BCUT2D eigenvalue weighted by molar-refractivity contribution is 6.30. The second-order valence-corrected chi connectivity index (χ2v) is 7.06. The molecule has 130 valence electrons. The predicted octanol–water partition coefficient (Wildman–Crippen LogP) is 2.31. The maximum absolute atomic E-state index is 11.5. The van der Waals surface area contributed by atoms with E-state index in [-0.39, 0.29) is 6.79 Å². The van der Waals surface area contributed by atoms with Crippen LogP contribution in [-0.2, 0) is 22.4 Å². The first-order valence-corrected chi connectivity index (χ1v) is 8.33. The number of hydrogen-bond donors (Lipinski definition) is 1. The summed E-state index contributed by atoms with van der Waals surface area (Å²) in [7, 11) is 0. The fourth-order valence-corrected chi connectivity index (χ4v) is 3.19. The summed E-state index contributed by atoms with van der Waals surface area (Å²) >= 11 is 5.94. The van der Waals surface area contributed by atoms with Crippen LogP contribution in [0.2, 0.25) is 5.02 Å². The zero-order valence-electron chi connectivity index (χ0n) is 13.7. The maximum Gasteiger partial charge on any atom is 0.146 e. The van der Waals surface area contributed by atoms with Crippen molar-refractivity contribution in [3.8, 4) is 0 Å². The largest absolute Gasteiger partial charge is 0.387 e. The molecule has 0 bridgehead atoms. The van der Waals surface area contributed by atoms with Gasteiger partial charge in [0.15, 0.2) is 0 Å². The summed E-state index contributed by atoms with van der Waals surface area (Å²) < 4.78 is 12.6. The molecule has 1 fully saturated rings. The van der Waals surface area contributed by atoms with Crippen molar-refractivity contribution in [2.45, 2.75) is 31.9 Å². The lowest BCUT2D eigenvalue weighted by atomic mass is 9.71. The molecule has 1 N–H and O–H groups in total. The Morgan fingerprint density at radius 2 is 2.00 bits per heavy atom. The van der Waals surface area contributed by atoms with E-state index < -0.39 is 11.0 Å². The SMILES string of the molecule is CC1(C(O)(CCc2ccc(Cl)cc2)Cn2cncn2)COCOC1. The first kappa shape index (κ1) is 17.4. The van der Waals surface area contributed by atoms with Gasteiger partial charge in [-0.15, -0.1) is 0 Å². The molecule has 1 atom stereocenters. The Morgan fingerprint density at radius 3 is 2.62 bits per heavy atom. The molecule has 0 spiro atoms. The molecule has 0 radical (unpaired) electrons. The van der Waals surface area contributed by atoms with Crippen molar-refractivity contribution in [2.24, 2.45) is 5.41 Å². The quantitative estimate of drug-likeness (QED) is 0.864. The van der Waals surface area contributed by atoms with Crippen molar-refractivity contribution < 1.29 is 14.6 Å². The first-order valence-electron chi connectivity index (χ1n) is 7.96. The molecule has 0 aliphatic carbocycles. The Hall–Kier alpha value is -1.47. The van der Waals surface area contributed by atoms with E-state index in [4.69, 9.17) is 21.1 Å². The van der Waals surface area contributed by atoms with Crippen LogP contribution in [-0.4, -0.2) is 45.5 Å². The van der Waals surface area contributed by atoms with Crippen molar-refractivity contribution in [2.75, 3.05) is 20.0 Å². The number of hydrogen-bond acceptors (Lipinski definition) is 5. The normalized spacial score (nSPS) is 19.8. The lowest BCUT2D eigenvalue weighted by Crippen LogP contribution is -2.56. The summed E-state index contributed by atoms with van der Waals surface area (Å²) in [6, 6.07) is 7.69. The second-order valence-electron chi connectivity index (χ2n) is 6.63. The molecule has 0 amide bonds. The molecule has 2 heterocycles. The predicted molar refractivity (Wildman–Crippen MR) is 89.6 cm³/mol. The molecule has 1 unspecified atom stereocenters. The lowest BCUT2D eigenvalue weighted by Gasteiger charge is -2.46. The highest BCUT2D eigenvalue weighted by Gasteiger charge is 2.49. The van der Waals surface area contributed by atoms with Gasteiger partial charge in [-0.2, -0.15) is 5.10 Å². The topological polar surface area (TPSA) is 69.4 Å². The number of rotatable bonds is 6. The van der Waals surface area contributed by atoms with Crippen molar-refractivity contribution >= 4 is 11.6 Å². The van der Waals surface area contributed by atoms with Gasteiger partial charge >= 0.3 is 0 Å². The van der Waals surface area contributed by atoms with Gasteiger partial charge in [-0.1, -0.05) is 30.7 Å². The van der Waals surface area contributed by atoms with E-state index in [0.29, 0.717) is 31.2 Å². The van der Waals surface area contributed by atoms with Gasteiger partial charge in [-0.3, -0.25) is 4.68 Å². The number of nitrogens with zero attached hydrogens (tertiary/aromatic N) is 3. The van der Waals surface area contributed by atoms with Gasteiger partial charge < -0.3 is 14.6 Å². The summed E-state index contributed by atoms with van der Waals surface area (Å²) in [4.78, 5) is 3.97. The third-order valence-corrected chi connectivity index (χ3v) is 5.01. The minimum Gasteiger partial charge on any atom is -0.387 e. The summed E-state index contributed by atoms with van der Waals surface area (Å²) in [6.07, 6.45) is 4.35. The van der Waals surface area contributed by atoms with Crippen LogP contribution in [0.3, 0.4) is 0 Å². The van der Waals surface area contributed by atoms with Crippen LogP contribution < -0.4 is 0 Å². The number of aryl methyl sites for hydroxylation is 1. The monoisotopic (exact) mass is 351 g/mol. The van der Waals surface area contributed by atoms with Crippen molar-refractivity contribution in [1.82, 2.24) is 14.8 Å². The van der Waals surface area contributed by atoms with Crippen LogP contribution in [0.15, 0.2) is 36.9 Å². The number of aliphatic hydroxyl groups is 1. The molecule has 2 aromatic rings. The van der Waals surface area contributed by atoms with Gasteiger partial charge in [0.1, 0.15) is 19.4 Å². The summed E-state index contributed by atoms with van der Waals surface area (Å²) in [6.45, 7) is 3.48. The van der Waals surface area contributed by atoms with Crippen LogP contribution in [0.5, 0.6) is 0 Å². The number of benzene rings is 1. The molecule has 1 aliphatic rings. The van der Waals surface area contributed by atoms with Gasteiger partial charge in [0, 0.05) is 10.4 Å². The average molecular weight is 352 g/mol. The maximum atomic E-state index is 11.5. The number of halogens is 1. The van der Waals surface area contributed by atoms with E-state index in [0.717, 1.165) is 12.0 Å². The Bertz CT molecular complexity index is 642. The van der Waals surface area contributed by atoms with Crippen LogP contribution >= 0.6 is 11.6 Å². The van der Waals surface area contributed by atoms with E-state index in [1.54, 1.807) is 11.0 Å². The van der Waals surface area contributed by atoms with Gasteiger partial charge in [0.2, 0.25) is 0 Å². The molecular formula is C17H22ClN3O3. The highest BCUT2D eigenvalue weighted by Crippen LogP contribution is 2.39. The van der Waals surface area contributed by atoms with Gasteiger partial charge in [-0.25, -0.2) is 4.98 Å². The summed E-state index contributed by atoms with van der Waals surface area (Å²) in [5.74, 6) is 0. The molecule has 24 heavy (non-hydrogen) atoms. The Kier molecular flexibility index (Phi) is 5.20. The Morgan fingerprint density at radius 1 is 1.29 bits per heavy atom. The lowest BCUT2D eigenvalue weighted by molar-refractivity contribution is -0.227. The summed E-state index contributed by atoms with van der Waals surface area (Å²) in [5, 5.41) is 16.4. The second kappa shape index (κ2) is 7.19. The molecule has 3 rings (SSSR count). The van der Waals surface area contributed by atoms with Crippen LogP contribution in [0, 0.1) is 5.41 Å². The Labute approximate surface area is 146 Å².